The lowest BCUT2D eigenvalue weighted by Crippen LogP contribution is -2.40. The molecule has 0 radical (unpaired) electrons. The Labute approximate surface area is 137 Å². The first kappa shape index (κ1) is 17.6. The van der Waals surface area contributed by atoms with E-state index in [-0.39, 0.29) is 11.7 Å². The summed E-state index contributed by atoms with van der Waals surface area (Å²) in [6.07, 6.45) is 4.25. The second-order valence-corrected chi connectivity index (χ2v) is 6.60. The molecule has 5 heteroatoms. The molecular formula is C18H26N2O3. The maximum absolute atomic E-state index is 12.0. The van der Waals surface area contributed by atoms with Crippen LogP contribution in [0.25, 0.3) is 0 Å². The van der Waals surface area contributed by atoms with Crippen LogP contribution in [0.2, 0.25) is 0 Å². The molecule has 0 saturated heterocycles. The third kappa shape index (κ3) is 5.44. The number of aliphatic hydroxyl groups is 1. The Morgan fingerprint density at radius 3 is 2.39 bits per heavy atom. The van der Waals surface area contributed by atoms with Gasteiger partial charge in [0, 0.05) is 30.8 Å². The van der Waals surface area contributed by atoms with Gasteiger partial charge in [-0.1, -0.05) is 12.8 Å². The van der Waals surface area contributed by atoms with Gasteiger partial charge in [-0.2, -0.15) is 0 Å². The largest absolute Gasteiger partial charge is 0.389 e. The molecule has 0 spiro atoms. The Balaban J connectivity index is 1.75. The van der Waals surface area contributed by atoms with Crippen molar-refractivity contribution in [1.82, 2.24) is 4.90 Å². The second-order valence-electron chi connectivity index (χ2n) is 6.60. The molecule has 2 N–H and O–H groups in total. The van der Waals surface area contributed by atoms with Gasteiger partial charge >= 0.3 is 0 Å². The number of ketones is 1. The first-order chi connectivity index (χ1) is 10.9. The zero-order chi connectivity index (χ0) is 16.9. The van der Waals surface area contributed by atoms with Gasteiger partial charge < -0.3 is 15.3 Å². The standard InChI is InChI=1S/C18H26N2O3/c1-14(21)15-5-7-16(8-6-15)19-17(22)9-12-20(2)13-18(23)10-3-4-11-18/h5-8,23H,3-4,9-13H2,1-2H3,(H,19,22). The van der Waals surface area contributed by atoms with Crippen molar-refractivity contribution in [3.8, 4) is 0 Å². The third-order valence-electron chi connectivity index (χ3n) is 4.39. The van der Waals surface area contributed by atoms with Gasteiger partial charge in [-0.05, 0) is 51.1 Å². The van der Waals surface area contributed by atoms with Crippen molar-refractivity contribution < 1.29 is 14.7 Å². The second kappa shape index (κ2) is 7.70. The fourth-order valence-corrected chi connectivity index (χ4v) is 3.08. The van der Waals surface area contributed by atoms with Gasteiger partial charge in [0.2, 0.25) is 5.91 Å². The molecule has 23 heavy (non-hydrogen) atoms. The number of hydrogen-bond acceptors (Lipinski definition) is 4. The molecule has 2 rings (SSSR count). The molecule has 0 bridgehead atoms. The summed E-state index contributed by atoms with van der Waals surface area (Å²) in [4.78, 5) is 25.2. The normalized spacial score (nSPS) is 16.5. The van der Waals surface area contributed by atoms with Crippen LogP contribution in [0.1, 0.15) is 49.4 Å². The number of benzene rings is 1. The molecule has 1 aromatic rings. The summed E-state index contributed by atoms with van der Waals surface area (Å²) in [6.45, 7) is 2.74. The lowest BCUT2D eigenvalue weighted by molar-refractivity contribution is -0.116. The van der Waals surface area contributed by atoms with Crippen LogP contribution in [-0.4, -0.2) is 47.4 Å². The van der Waals surface area contributed by atoms with Crippen LogP contribution < -0.4 is 5.32 Å². The Morgan fingerprint density at radius 2 is 1.83 bits per heavy atom. The van der Waals surface area contributed by atoms with Gasteiger partial charge in [0.05, 0.1) is 5.60 Å². The number of rotatable bonds is 7. The molecule has 1 aliphatic carbocycles. The zero-order valence-electron chi connectivity index (χ0n) is 14.0. The van der Waals surface area contributed by atoms with Crippen LogP contribution in [0.15, 0.2) is 24.3 Å². The van der Waals surface area contributed by atoms with Crippen LogP contribution in [0.4, 0.5) is 5.69 Å². The van der Waals surface area contributed by atoms with E-state index in [1.807, 2.05) is 11.9 Å². The molecule has 1 saturated carbocycles. The van der Waals surface area contributed by atoms with Gasteiger partial charge in [0.25, 0.3) is 0 Å². The molecule has 1 fully saturated rings. The quantitative estimate of drug-likeness (QED) is 0.758. The molecule has 5 nitrogen and oxygen atoms in total. The molecule has 1 aromatic carbocycles. The number of amides is 1. The van der Waals surface area contributed by atoms with Crippen molar-refractivity contribution in [2.75, 3.05) is 25.5 Å². The van der Waals surface area contributed by atoms with Crippen LogP contribution in [0, 0.1) is 0 Å². The summed E-state index contributed by atoms with van der Waals surface area (Å²) in [5, 5.41) is 13.2. The molecule has 0 heterocycles. The van der Waals surface area contributed by atoms with Crippen LogP contribution >= 0.6 is 0 Å². The molecule has 0 atom stereocenters. The first-order valence-corrected chi connectivity index (χ1v) is 8.20. The SMILES string of the molecule is CC(=O)c1ccc(NC(=O)CCN(C)CC2(O)CCCC2)cc1. The minimum absolute atomic E-state index is 0.00865. The number of carbonyl (C=O) groups excluding carboxylic acids is 2. The van der Waals surface area contributed by atoms with E-state index >= 15 is 0 Å². The predicted octanol–water partition coefficient (Wildman–Crippen LogP) is 2.45. The van der Waals surface area contributed by atoms with Crippen LogP contribution in [0.3, 0.4) is 0 Å². The van der Waals surface area contributed by atoms with Gasteiger partial charge in [0.1, 0.15) is 0 Å². The summed E-state index contributed by atoms with van der Waals surface area (Å²) in [6, 6.07) is 6.89. The number of anilines is 1. The fraction of sp³-hybridized carbons (Fsp3) is 0.556. The van der Waals surface area contributed by atoms with Crippen molar-refractivity contribution in [1.29, 1.82) is 0 Å². The number of Topliss-reactive ketones (excluding diaryl/α,β-unsaturated/α-hetero) is 1. The van der Waals surface area contributed by atoms with Crippen molar-refractivity contribution in [3.63, 3.8) is 0 Å². The molecule has 0 aromatic heterocycles. The molecule has 0 unspecified atom stereocenters. The minimum atomic E-state index is -0.576. The van der Waals surface area contributed by atoms with E-state index in [1.165, 1.54) is 6.92 Å². The van der Waals surface area contributed by atoms with E-state index in [9.17, 15) is 14.7 Å². The molecule has 1 amide bonds. The van der Waals surface area contributed by atoms with Crippen molar-refractivity contribution in [2.45, 2.75) is 44.6 Å². The van der Waals surface area contributed by atoms with E-state index in [0.717, 1.165) is 25.7 Å². The van der Waals surface area contributed by atoms with E-state index in [4.69, 9.17) is 0 Å². The highest BCUT2D eigenvalue weighted by Crippen LogP contribution is 2.29. The average molecular weight is 318 g/mol. The maximum Gasteiger partial charge on any atom is 0.225 e. The van der Waals surface area contributed by atoms with Crippen molar-refractivity contribution >= 4 is 17.4 Å². The zero-order valence-corrected chi connectivity index (χ0v) is 14.0. The third-order valence-corrected chi connectivity index (χ3v) is 4.39. The molecule has 126 valence electrons. The summed E-state index contributed by atoms with van der Waals surface area (Å²) >= 11 is 0. The summed E-state index contributed by atoms with van der Waals surface area (Å²) < 4.78 is 0. The van der Waals surface area contributed by atoms with Crippen molar-refractivity contribution in [2.24, 2.45) is 0 Å². The Hall–Kier alpha value is -1.72. The molecular weight excluding hydrogens is 292 g/mol. The average Bonchev–Trinajstić information content (AvgIpc) is 2.92. The minimum Gasteiger partial charge on any atom is -0.389 e. The highest BCUT2D eigenvalue weighted by Gasteiger charge is 2.32. The summed E-state index contributed by atoms with van der Waals surface area (Å²) in [7, 11) is 1.94. The highest BCUT2D eigenvalue weighted by atomic mass is 16.3. The van der Waals surface area contributed by atoms with Crippen LogP contribution in [-0.2, 0) is 4.79 Å². The van der Waals surface area contributed by atoms with E-state index in [1.54, 1.807) is 24.3 Å². The van der Waals surface area contributed by atoms with Gasteiger partial charge in [-0.25, -0.2) is 0 Å². The maximum atomic E-state index is 12.0. The smallest absolute Gasteiger partial charge is 0.225 e. The lowest BCUT2D eigenvalue weighted by Gasteiger charge is -2.28. The Bertz CT molecular complexity index is 548. The number of nitrogens with one attached hydrogen (secondary N) is 1. The first-order valence-electron chi connectivity index (χ1n) is 8.20. The predicted molar refractivity (Wildman–Crippen MR) is 90.6 cm³/mol. The number of likely N-dealkylation sites (N-methyl/N-ethyl adjacent to an activating group) is 1. The fourth-order valence-electron chi connectivity index (χ4n) is 3.08. The lowest BCUT2D eigenvalue weighted by atomic mass is 10.0. The Morgan fingerprint density at radius 1 is 1.22 bits per heavy atom. The van der Waals surface area contributed by atoms with Gasteiger partial charge in [0.15, 0.2) is 5.78 Å². The summed E-state index contributed by atoms with van der Waals surface area (Å²) in [5.41, 5.74) is 0.748. The Kier molecular flexibility index (Phi) is 5.91. The van der Waals surface area contributed by atoms with Crippen molar-refractivity contribution in [3.05, 3.63) is 29.8 Å². The molecule has 0 aliphatic heterocycles. The number of nitrogens with zero attached hydrogens (tertiary/aromatic N) is 1. The number of hydrogen-bond donors (Lipinski definition) is 2. The van der Waals surface area contributed by atoms with E-state index in [2.05, 4.69) is 5.32 Å². The van der Waals surface area contributed by atoms with Gasteiger partial charge in [-0.3, -0.25) is 9.59 Å². The number of carbonyl (C=O) groups is 2. The monoisotopic (exact) mass is 318 g/mol. The van der Waals surface area contributed by atoms with Crippen LogP contribution in [0.5, 0.6) is 0 Å². The summed E-state index contributed by atoms with van der Waals surface area (Å²) in [5.74, 6) is -0.0554. The highest BCUT2D eigenvalue weighted by molar-refractivity contribution is 5.95. The van der Waals surface area contributed by atoms with Gasteiger partial charge in [-0.15, -0.1) is 0 Å². The topological polar surface area (TPSA) is 69.6 Å². The van der Waals surface area contributed by atoms with E-state index < -0.39 is 5.60 Å². The van der Waals surface area contributed by atoms with E-state index in [0.29, 0.717) is 30.8 Å². The molecule has 1 aliphatic rings.